The molecule has 1 amide bonds. The van der Waals surface area contributed by atoms with Gasteiger partial charge in [-0.1, -0.05) is 24.8 Å². The molecule has 0 bridgehead atoms. The second kappa shape index (κ2) is 4.44. The first-order valence-electron chi connectivity index (χ1n) is 4.82. The van der Waals surface area contributed by atoms with Crippen molar-refractivity contribution in [3.63, 3.8) is 0 Å². The van der Waals surface area contributed by atoms with Crippen LogP contribution in [0.1, 0.15) is 10.4 Å². The Balaban J connectivity index is 2.06. The monoisotopic (exact) mass is 213 g/mol. The zero-order valence-electron chi connectivity index (χ0n) is 8.60. The summed E-state index contributed by atoms with van der Waals surface area (Å²) in [4.78, 5) is 15.7. The molecule has 0 spiro atoms. The van der Waals surface area contributed by atoms with E-state index in [2.05, 4.69) is 22.2 Å². The lowest BCUT2D eigenvalue weighted by Crippen LogP contribution is -2.32. The number of nitrogens with zero attached hydrogens (tertiary/aromatic N) is 1. The Labute approximate surface area is 93.4 Å². The molecule has 1 aliphatic rings. The summed E-state index contributed by atoms with van der Waals surface area (Å²) in [7, 11) is 0. The van der Waals surface area contributed by atoms with Gasteiger partial charge in [0.25, 0.3) is 5.91 Å². The Morgan fingerprint density at radius 3 is 2.75 bits per heavy atom. The largest absolute Gasteiger partial charge is 0.327 e. The van der Waals surface area contributed by atoms with Crippen molar-refractivity contribution in [3.05, 3.63) is 60.2 Å². The third-order valence-corrected chi connectivity index (χ3v) is 2.03. The molecule has 0 unspecified atom stereocenters. The van der Waals surface area contributed by atoms with Crippen LogP contribution in [0.15, 0.2) is 59.6 Å². The molecule has 4 nitrogen and oxygen atoms in total. The van der Waals surface area contributed by atoms with Gasteiger partial charge in [-0.15, -0.1) is 0 Å². The highest BCUT2D eigenvalue weighted by Gasteiger charge is 2.08. The summed E-state index contributed by atoms with van der Waals surface area (Å²) in [5.74, 6) is 0.919. The van der Waals surface area contributed by atoms with Gasteiger partial charge < -0.3 is 10.6 Å². The van der Waals surface area contributed by atoms with Crippen LogP contribution < -0.4 is 10.6 Å². The Bertz CT molecular complexity index is 474. The number of allylic oxidation sites excluding steroid dienone is 1. The molecule has 2 N–H and O–H groups in total. The molecule has 0 aliphatic carbocycles. The maximum Gasteiger partial charge on any atom is 0.256 e. The molecule has 4 heteroatoms. The minimum Gasteiger partial charge on any atom is -0.327 e. The molecular weight excluding hydrogens is 202 g/mol. The van der Waals surface area contributed by atoms with E-state index in [0.717, 1.165) is 0 Å². The number of benzene rings is 1. The fourth-order valence-corrected chi connectivity index (χ4v) is 1.29. The summed E-state index contributed by atoms with van der Waals surface area (Å²) in [5, 5.41) is 5.58. The molecule has 1 aliphatic heterocycles. The molecular formula is C12H11N3O. The minimum absolute atomic E-state index is 0.164. The molecule has 0 saturated heterocycles. The van der Waals surface area contributed by atoms with Gasteiger partial charge in [-0.2, -0.15) is 0 Å². The lowest BCUT2D eigenvalue weighted by atomic mass is 10.2. The van der Waals surface area contributed by atoms with Gasteiger partial charge in [0.05, 0.1) is 0 Å². The highest BCUT2D eigenvalue weighted by molar-refractivity contribution is 5.95. The number of carbonyl (C=O) groups is 1. The Kier molecular flexibility index (Phi) is 2.82. The van der Waals surface area contributed by atoms with Crippen molar-refractivity contribution >= 4 is 12.1 Å². The van der Waals surface area contributed by atoms with Crippen molar-refractivity contribution in [2.75, 3.05) is 0 Å². The average molecular weight is 213 g/mol. The number of rotatable bonds is 2. The number of amides is 1. The number of carbonyl (C=O) groups excluding carboxylic acids is 1. The Morgan fingerprint density at radius 2 is 2.06 bits per heavy atom. The van der Waals surface area contributed by atoms with Crippen LogP contribution in [0.2, 0.25) is 0 Å². The van der Waals surface area contributed by atoms with E-state index in [4.69, 9.17) is 0 Å². The Hall–Kier alpha value is -2.36. The molecule has 80 valence electrons. The lowest BCUT2D eigenvalue weighted by Gasteiger charge is -2.14. The van der Waals surface area contributed by atoms with E-state index < -0.39 is 0 Å². The molecule has 1 aromatic rings. The lowest BCUT2D eigenvalue weighted by molar-refractivity contribution is 0.0964. The van der Waals surface area contributed by atoms with Crippen LogP contribution in [0.4, 0.5) is 0 Å². The van der Waals surface area contributed by atoms with Gasteiger partial charge in [-0.25, -0.2) is 4.99 Å². The fourth-order valence-electron chi connectivity index (χ4n) is 1.29. The quantitative estimate of drug-likeness (QED) is 0.780. The highest BCUT2D eigenvalue weighted by Crippen LogP contribution is 2.01. The predicted molar refractivity (Wildman–Crippen MR) is 62.8 cm³/mol. The first kappa shape index (κ1) is 10.2. The zero-order chi connectivity index (χ0) is 11.4. The molecule has 0 aromatic heterocycles. The van der Waals surface area contributed by atoms with Gasteiger partial charge >= 0.3 is 0 Å². The zero-order valence-corrected chi connectivity index (χ0v) is 8.60. The number of hydrogen-bond acceptors (Lipinski definition) is 3. The summed E-state index contributed by atoms with van der Waals surface area (Å²) in [6.45, 7) is 3.64. The van der Waals surface area contributed by atoms with E-state index in [1.165, 1.54) is 0 Å². The standard InChI is InChI=1S/C12H11N3O/c1-9-13-8-7-11(14-9)15-12(16)10-5-3-2-4-6-10/h2-8,14H,1H2,(H,15,16). The second-order valence-corrected chi connectivity index (χ2v) is 3.25. The first-order chi connectivity index (χ1) is 7.75. The van der Waals surface area contributed by atoms with Crippen LogP contribution in [0.25, 0.3) is 0 Å². The SMILES string of the molecule is C=C1N=CC=C(NC(=O)c2ccccc2)N1. The summed E-state index contributed by atoms with van der Waals surface area (Å²) < 4.78 is 0. The minimum atomic E-state index is -0.164. The molecule has 0 saturated carbocycles. The topological polar surface area (TPSA) is 53.5 Å². The fraction of sp³-hybridized carbons (Fsp3) is 0. The maximum absolute atomic E-state index is 11.8. The summed E-state index contributed by atoms with van der Waals surface area (Å²) in [6.07, 6.45) is 3.26. The highest BCUT2D eigenvalue weighted by atomic mass is 16.1. The first-order valence-corrected chi connectivity index (χ1v) is 4.82. The van der Waals surface area contributed by atoms with E-state index >= 15 is 0 Å². The van der Waals surface area contributed by atoms with Gasteiger partial charge in [0.15, 0.2) is 0 Å². The predicted octanol–water partition coefficient (Wildman–Crippen LogP) is 1.40. The van der Waals surface area contributed by atoms with E-state index in [1.54, 1.807) is 24.4 Å². The molecule has 0 atom stereocenters. The van der Waals surface area contributed by atoms with Crippen LogP contribution in [0, 0.1) is 0 Å². The van der Waals surface area contributed by atoms with E-state index in [1.807, 2.05) is 18.2 Å². The van der Waals surface area contributed by atoms with Gasteiger partial charge in [-0.3, -0.25) is 4.79 Å². The van der Waals surface area contributed by atoms with E-state index in [-0.39, 0.29) is 5.91 Å². The molecule has 1 aromatic carbocycles. The molecule has 0 fully saturated rings. The average Bonchev–Trinajstić information content (AvgIpc) is 2.30. The van der Waals surface area contributed by atoms with Crippen molar-refractivity contribution in [3.8, 4) is 0 Å². The van der Waals surface area contributed by atoms with E-state index in [9.17, 15) is 4.79 Å². The van der Waals surface area contributed by atoms with Crippen molar-refractivity contribution in [1.82, 2.24) is 10.6 Å². The van der Waals surface area contributed by atoms with E-state index in [0.29, 0.717) is 17.2 Å². The van der Waals surface area contributed by atoms with Crippen LogP contribution >= 0.6 is 0 Å². The van der Waals surface area contributed by atoms with Crippen LogP contribution in [-0.2, 0) is 0 Å². The molecule has 0 radical (unpaired) electrons. The molecule has 2 rings (SSSR count). The van der Waals surface area contributed by atoms with Gasteiger partial charge in [0, 0.05) is 11.8 Å². The maximum atomic E-state index is 11.8. The summed E-state index contributed by atoms with van der Waals surface area (Å²) in [5.41, 5.74) is 0.610. The second-order valence-electron chi connectivity index (χ2n) is 3.25. The molecule has 16 heavy (non-hydrogen) atoms. The molecule has 1 heterocycles. The normalized spacial score (nSPS) is 14.0. The number of hydrogen-bond donors (Lipinski definition) is 2. The third-order valence-electron chi connectivity index (χ3n) is 2.03. The van der Waals surface area contributed by atoms with Crippen LogP contribution in [0.5, 0.6) is 0 Å². The smallest absolute Gasteiger partial charge is 0.256 e. The van der Waals surface area contributed by atoms with Crippen molar-refractivity contribution in [2.24, 2.45) is 4.99 Å². The number of aliphatic imine (C=N–C) groups is 1. The summed E-state index contributed by atoms with van der Waals surface area (Å²) >= 11 is 0. The van der Waals surface area contributed by atoms with Gasteiger partial charge in [0.1, 0.15) is 11.6 Å². The Morgan fingerprint density at radius 1 is 1.31 bits per heavy atom. The summed E-state index contributed by atoms with van der Waals surface area (Å²) in [6, 6.07) is 9.00. The van der Waals surface area contributed by atoms with Crippen molar-refractivity contribution in [1.29, 1.82) is 0 Å². The number of nitrogens with one attached hydrogen (secondary N) is 2. The third kappa shape index (κ3) is 2.36. The van der Waals surface area contributed by atoms with Crippen molar-refractivity contribution < 1.29 is 4.79 Å². The van der Waals surface area contributed by atoms with Crippen LogP contribution in [0.3, 0.4) is 0 Å². The van der Waals surface area contributed by atoms with Gasteiger partial charge in [0.2, 0.25) is 0 Å². The van der Waals surface area contributed by atoms with Crippen LogP contribution in [-0.4, -0.2) is 12.1 Å². The van der Waals surface area contributed by atoms with Crippen molar-refractivity contribution in [2.45, 2.75) is 0 Å². The van der Waals surface area contributed by atoms with Gasteiger partial charge in [-0.05, 0) is 18.2 Å².